The predicted molar refractivity (Wildman–Crippen MR) is 74.9 cm³/mol. The number of rotatable bonds is 1. The van der Waals surface area contributed by atoms with Gasteiger partial charge in [0.05, 0.1) is 12.1 Å². The van der Waals surface area contributed by atoms with Crippen molar-refractivity contribution >= 4 is 22.2 Å². The van der Waals surface area contributed by atoms with Gasteiger partial charge in [-0.05, 0) is 12.0 Å². The van der Waals surface area contributed by atoms with Crippen LogP contribution in [0.25, 0.3) is 0 Å². The van der Waals surface area contributed by atoms with E-state index in [1.165, 1.54) is 17.5 Å². The van der Waals surface area contributed by atoms with Crippen LogP contribution in [0, 0.1) is 22.7 Å². The van der Waals surface area contributed by atoms with Gasteiger partial charge in [-0.15, -0.1) is 11.3 Å². The van der Waals surface area contributed by atoms with Crippen molar-refractivity contribution in [1.82, 2.24) is 9.97 Å². The van der Waals surface area contributed by atoms with Gasteiger partial charge in [-0.2, -0.15) is 10.5 Å². The van der Waals surface area contributed by atoms with Crippen molar-refractivity contribution in [2.45, 2.75) is 13.0 Å². The summed E-state index contributed by atoms with van der Waals surface area (Å²) < 4.78 is 0. The van der Waals surface area contributed by atoms with E-state index in [2.05, 4.69) is 22.1 Å². The summed E-state index contributed by atoms with van der Waals surface area (Å²) in [5.74, 6) is 0.589. The predicted octanol–water partition coefficient (Wildman–Crippen LogP) is 1.43. The molecular weight excluding hydrogens is 272 g/mol. The van der Waals surface area contributed by atoms with E-state index in [1.54, 1.807) is 6.20 Å². The zero-order chi connectivity index (χ0) is 14.1. The second kappa shape index (κ2) is 4.80. The first-order valence-corrected chi connectivity index (χ1v) is 6.82. The van der Waals surface area contributed by atoms with Crippen molar-refractivity contribution < 1.29 is 0 Å². The van der Waals surface area contributed by atoms with Gasteiger partial charge in [-0.1, -0.05) is 0 Å². The average Bonchev–Trinajstić information content (AvgIpc) is 2.81. The molecule has 0 atom stereocenters. The van der Waals surface area contributed by atoms with Gasteiger partial charge in [-0.25, -0.2) is 9.97 Å². The Bertz CT molecular complexity index is 751. The number of hydrogen-bond acceptors (Lipinski definition) is 7. The fourth-order valence-corrected chi connectivity index (χ4v) is 3.45. The van der Waals surface area contributed by atoms with Crippen LogP contribution in [0.15, 0.2) is 12.4 Å². The molecule has 1 aliphatic rings. The fourth-order valence-electron chi connectivity index (χ4n) is 2.37. The summed E-state index contributed by atoms with van der Waals surface area (Å²) in [6.07, 6.45) is 3.82. The first-order valence-electron chi connectivity index (χ1n) is 6.00. The molecular formula is C13H10N6S. The lowest BCUT2D eigenvalue weighted by Crippen LogP contribution is -2.31. The molecule has 1 aliphatic heterocycles. The molecule has 0 bridgehead atoms. The molecule has 2 aromatic rings. The number of fused-ring (bicyclic) bond motifs is 1. The first kappa shape index (κ1) is 12.4. The lowest BCUT2D eigenvalue weighted by Gasteiger charge is -2.28. The minimum Gasteiger partial charge on any atom is -0.389 e. The summed E-state index contributed by atoms with van der Waals surface area (Å²) in [6.45, 7) is 1.31. The summed E-state index contributed by atoms with van der Waals surface area (Å²) in [4.78, 5) is 11.3. The van der Waals surface area contributed by atoms with Crippen molar-refractivity contribution in [3.05, 3.63) is 34.1 Å². The molecule has 0 fully saturated rings. The van der Waals surface area contributed by atoms with Crippen LogP contribution < -0.4 is 10.6 Å². The molecule has 0 radical (unpaired) electrons. The Hall–Kier alpha value is -2.64. The van der Waals surface area contributed by atoms with Crippen molar-refractivity contribution in [2.75, 3.05) is 17.2 Å². The first-order chi connectivity index (χ1) is 9.74. The van der Waals surface area contributed by atoms with Gasteiger partial charge in [0, 0.05) is 23.8 Å². The van der Waals surface area contributed by atoms with E-state index in [0.29, 0.717) is 35.2 Å². The molecule has 2 aromatic heterocycles. The third-order valence-corrected chi connectivity index (χ3v) is 4.33. The lowest BCUT2D eigenvalue weighted by molar-refractivity contribution is 0.728. The maximum absolute atomic E-state index is 9.13. The Kier molecular flexibility index (Phi) is 2.97. The summed E-state index contributed by atoms with van der Waals surface area (Å²) in [6, 6.07) is 4.22. The Morgan fingerprint density at radius 1 is 1.25 bits per heavy atom. The normalized spacial score (nSPS) is 13.4. The van der Waals surface area contributed by atoms with Gasteiger partial charge in [0.2, 0.25) is 0 Å². The van der Waals surface area contributed by atoms with Crippen molar-refractivity contribution in [1.29, 1.82) is 10.5 Å². The average molecular weight is 282 g/mol. The van der Waals surface area contributed by atoms with Crippen LogP contribution in [-0.4, -0.2) is 16.5 Å². The van der Waals surface area contributed by atoms with Crippen LogP contribution in [0.2, 0.25) is 0 Å². The molecule has 0 aromatic carbocycles. The molecule has 0 spiro atoms. The van der Waals surface area contributed by atoms with E-state index >= 15 is 0 Å². The minimum atomic E-state index is 0.320. The van der Waals surface area contributed by atoms with Gasteiger partial charge < -0.3 is 10.6 Å². The Labute approximate surface area is 119 Å². The van der Waals surface area contributed by atoms with Crippen LogP contribution in [0.1, 0.15) is 21.7 Å². The molecule has 3 rings (SSSR count). The topological polar surface area (TPSA) is 103 Å². The molecule has 6 nitrogen and oxygen atoms in total. The molecule has 0 saturated carbocycles. The van der Waals surface area contributed by atoms with E-state index in [0.717, 1.165) is 16.9 Å². The monoisotopic (exact) mass is 282 g/mol. The molecule has 98 valence electrons. The molecule has 0 aliphatic carbocycles. The van der Waals surface area contributed by atoms with Gasteiger partial charge in [0.15, 0.2) is 11.5 Å². The summed E-state index contributed by atoms with van der Waals surface area (Å²) in [5, 5.41) is 18.8. The highest BCUT2D eigenvalue weighted by Crippen LogP contribution is 2.35. The van der Waals surface area contributed by atoms with Crippen LogP contribution in [0.3, 0.4) is 0 Å². The summed E-state index contributed by atoms with van der Waals surface area (Å²) >= 11 is 1.44. The number of aromatic nitrogens is 2. The fraction of sp³-hybridized carbons (Fsp3) is 0.231. The highest BCUT2D eigenvalue weighted by molar-refractivity contribution is 7.16. The number of hydrogen-bond donors (Lipinski definition) is 1. The Balaban J connectivity index is 1.98. The molecule has 20 heavy (non-hydrogen) atoms. The van der Waals surface area contributed by atoms with Crippen LogP contribution in [0.4, 0.5) is 10.8 Å². The zero-order valence-corrected chi connectivity index (χ0v) is 11.3. The number of anilines is 2. The second-order valence-electron chi connectivity index (χ2n) is 4.37. The maximum atomic E-state index is 9.13. The molecule has 0 saturated heterocycles. The summed E-state index contributed by atoms with van der Waals surface area (Å²) in [7, 11) is 0. The van der Waals surface area contributed by atoms with Crippen LogP contribution in [-0.2, 0) is 13.0 Å². The minimum absolute atomic E-state index is 0.320. The largest absolute Gasteiger partial charge is 0.389 e. The number of nitrogens with zero attached hydrogens (tertiary/aromatic N) is 5. The van der Waals surface area contributed by atoms with Gasteiger partial charge in [-0.3, -0.25) is 0 Å². The molecule has 0 unspecified atom stereocenters. The number of thiophene rings is 1. The van der Waals surface area contributed by atoms with Crippen LogP contribution >= 0.6 is 11.3 Å². The van der Waals surface area contributed by atoms with Gasteiger partial charge in [0.25, 0.3) is 0 Å². The Morgan fingerprint density at radius 3 is 2.80 bits per heavy atom. The van der Waals surface area contributed by atoms with Crippen molar-refractivity contribution in [3.63, 3.8) is 0 Å². The Morgan fingerprint density at radius 2 is 2.05 bits per heavy atom. The molecule has 0 amide bonds. The lowest BCUT2D eigenvalue weighted by atomic mass is 10.0. The van der Waals surface area contributed by atoms with Crippen molar-refractivity contribution in [2.24, 2.45) is 0 Å². The molecule has 2 N–H and O–H groups in total. The number of nitrogen functional groups attached to an aromatic ring is 1. The number of nitrogens with two attached hydrogens (primary N) is 1. The second-order valence-corrected chi connectivity index (χ2v) is 5.50. The standard InChI is InChI=1S/C13H10N6S/c14-5-9-8-1-4-19(7-11(8)20-12(9)16)13-10(6-15)17-2-3-18-13/h2-3H,1,4,7,16H2. The van der Waals surface area contributed by atoms with Crippen LogP contribution in [0.5, 0.6) is 0 Å². The van der Waals surface area contributed by atoms with E-state index in [1.807, 2.05) is 4.90 Å². The third kappa shape index (κ3) is 1.85. The van der Waals surface area contributed by atoms with Crippen molar-refractivity contribution in [3.8, 4) is 12.1 Å². The van der Waals surface area contributed by atoms with Gasteiger partial charge >= 0.3 is 0 Å². The van der Waals surface area contributed by atoms with E-state index in [4.69, 9.17) is 16.3 Å². The zero-order valence-electron chi connectivity index (χ0n) is 10.5. The molecule has 3 heterocycles. The summed E-state index contributed by atoms with van der Waals surface area (Å²) in [5.41, 5.74) is 7.83. The van der Waals surface area contributed by atoms with Gasteiger partial charge in [0.1, 0.15) is 17.1 Å². The SMILES string of the molecule is N#Cc1nccnc1N1CCc2c(sc(N)c2C#N)C1. The van der Waals surface area contributed by atoms with E-state index in [9.17, 15) is 0 Å². The quantitative estimate of drug-likeness (QED) is 0.848. The number of nitriles is 2. The highest BCUT2D eigenvalue weighted by Gasteiger charge is 2.25. The maximum Gasteiger partial charge on any atom is 0.183 e. The highest BCUT2D eigenvalue weighted by atomic mass is 32.1. The molecule has 7 heteroatoms. The third-order valence-electron chi connectivity index (χ3n) is 3.28. The van der Waals surface area contributed by atoms with E-state index in [-0.39, 0.29) is 0 Å². The van der Waals surface area contributed by atoms with E-state index < -0.39 is 0 Å². The smallest absolute Gasteiger partial charge is 0.183 e.